The molecule has 232 valence electrons. The van der Waals surface area contributed by atoms with Crippen molar-refractivity contribution in [1.82, 2.24) is 0 Å². The van der Waals surface area contributed by atoms with Crippen molar-refractivity contribution in [3.05, 3.63) is 87.5 Å². The zero-order chi connectivity index (χ0) is 31.2. The van der Waals surface area contributed by atoms with Crippen molar-refractivity contribution in [1.29, 1.82) is 5.41 Å². The number of nitrogens with zero attached hydrogens (tertiary/aromatic N) is 2. The molecule has 0 radical (unpaired) electrons. The molecule has 0 saturated heterocycles. The third kappa shape index (κ3) is 9.88. The van der Waals surface area contributed by atoms with Crippen molar-refractivity contribution in [3.8, 4) is 5.75 Å². The maximum atomic E-state index is 7.94. The van der Waals surface area contributed by atoms with Gasteiger partial charge in [0.15, 0.2) is 5.84 Å². The van der Waals surface area contributed by atoms with E-state index in [9.17, 15) is 0 Å². The summed E-state index contributed by atoms with van der Waals surface area (Å²) in [7, 11) is 0. The molecule has 0 heterocycles. The van der Waals surface area contributed by atoms with Crippen LogP contribution >= 0.6 is 0 Å². The second-order valence-electron chi connectivity index (χ2n) is 12.6. The van der Waals surface area contributed by atoms with Crippen LogP contribution in [0.5, 0.6) is 5.75 Å². The molecule has 0 bridgehead atoms. The van der Waals surface area contributed by atoms with Gasteiger partial charge in [0, 0.05) is 17.5 Å². The summed E-state index contributed by atoms with van der Waals surface area (Å²) in [4.78, 5) is 9.88. The van der Waals surface area contributed by atoms with E-state index in [0.29, 0.717) is 12.4 Å². The minimum absolute atomic E-state index is 0.249. The topological polar surface area (TPSA) is 57.8 Å². The Hall–Kier alpha value is -3.27. The van der Waals surface area contributed by atoms with Crippen LogP contribution in [0.25, 0.3) is 0 Å². The smallest absolute Gasteiger partial charge is 0.164 e. The number of hydrogen-bond donors (Lipinski definition) is 1. The van der Waals surface area contributed by atoms with Crippen LogP contribution in [-0.2, 0) is 12.8 Å². The molecule has 4 heteroatoms. The highest BCUT2D eigenvalue weighted by Crippen LogP contribution is 2.39. The van der Waals surface area contributed by atoms with Gasteiger partial charge in [-0.3, -0.25) is 5.41 Å². The van der Waals surface area contributed by atoms with Crippen molar-refractivity contribution >= 4 is 17.9 Å². The summed E-state index contributed by atoms with van der Waals surface area (Å²) in [6.45, 7) is 16.0. The molecule has 43 heavy (non-hydrogen) atoms. The van der Waals surface area contributed by atoms with Gasteiger partial charge in [0.1, 0.15) is 12.1 Å². The van der Waals surface area contributed by atoms with Gasteiger partial charge in [0.25, 0.3) is 0 Å². The predicted molar refractivity (Wildman–Crippen MR) is 187 cm³/mol. The standard InChI is InChI=1S/C39H55N3O/c1-8-10-11-12-13-14-15-16-33-18-20-35(36(26-33)43-23-9-2)38(41-28-40)42-37(27-34-19-17-29(3)24-31(34)5)39(7)22-21-30(4)25-32(39)6/h17-21,24-26,28,40H,8-16,22-23,27H2,1-7H3. The molecule has 0 aliphatic heterocycles. The van der Waals surface area contributed by atoms with Crippen LogP contribution < -0.4 is 4.74 Å². The van der Waals surface area contributed by atoms with E-state index in [2.05, 4.69) is 102 Å². The fourth-order valence-corrected chi connectivity index (χ4v) is 5.89. The molecule has 2 aromatic carbocycles. The van der Waals surface area contributed by atoms with Crippen LogP contribution in [-0.4, -0.2) is 24.5 Å². The molecule has 1 atom stereocenters. The van der Waals surface area contributed by atoms with Crippen molar-refractivity contribution in [2.75, 3.05) is 6.61 Å². The lowest BCUT2D eigenvalue weighted by molar-refractivity contribution is 0.316. The van der Waals surface area contributed by atoms with Crippen molar-refractivity contribution in [2.45, 2.75) is 119 Å². The first-order chi connectivity index (χ1) is 20.7. The van der Waals surface area contributed by atoms with Crippen molar-refractivity contribution < 1.29 is 4.74 Å². The number of allylic oxidation sites excluding steroid dienone is 4. The summed E-state index contributed by atoms with van der Waals surface area (Å²) < 4.78 is 6.32. The van der Waals surface area contributed by atoms with Crippen LogP contribution in [0.2, 0.25) is 0 Å². The third-order valence-corrected chi connectivity index (χ3v) is 8.89. The number of unbranched alkanes of at least 4 members (excludes halogenated alkanes) is 6. The molecule has 1 aliphatic rings. The molecule has 0 spiro atoms. The van der Waals surface area contributed by atoms with Gasteiger partial charge < -0.3 is 4.74 Å². The number of aryl methyl sites for hydroxylation is 3. The number of aliphatic imine (C=N–C) groups is 2. The Labute approximate surface area is 262 Å². The van der Waals surface area contributed by atoms with Gasteiger partial charge in [0.05, 0.1) is 12.2 Å². The monoisotopic (exact) mass is 581 g/mol. The Morgan fingerprint density at radius 1 is 0.930 bits per heavy atom. The number of rotatable bonds is 16. The lowest BCUT2D eigenvalue weighted by Gasteiger charge is -2.35. The molecule has 4 nitrogen and oxygen atoms in total. The molecule has 1 aliphatic carbocycles. The summed E-state index contributed by atoms with van der Waals surface area (Å²) in [5.74, 6) is 1.36. The molecule has 1 N–H and O–H groups in total. The molecule has 1 unspecified atom stereocenters. The second kappa shape index (κ2) is 17.1. The third-order valence-electron chi connectivity index (χ3n) is 8.89. The first kappa shape index (κ1) is 34.2. The van der Waals surface area contributed by atoms with E-state index >= 15 is 0 Å². The van der Waals surface area contributed by atoms with E-state index in [-0.39, 0.29) is 5.41 Å². The van der Waals surface area contributed by atoms with Crippen molar-refractivity contribution in [3.63, 3.8) is 0 Å². The molecule has 3 rings (SSSR count). The lowest BCUT2D eigenvalue weighted by Crippen LogP contribution is -2.33. The Morgan fingerprint density at radius 3 is 2.35 bits per heavy atom. The first-order valence-corrected chi connectivity index (χ1v) is 16.5. The zero-order valence-electron chi connectivity index (χ0n) is 28.0. The van der Waals surface area contributed by atoms with Crippen LogP contribution in [0, 0.1) is 24.7 Å². The maximum Gasteiger partial charge on any atom is 0.164 e. The highest BCUT2D eigenvalue weighted by Gasteiger charge is 2.34. The van der Waals surface area contributed by atoms with E-state index in [0.717, 1.165) is 49.0 Å². The van der Waals surface area contributed by atoms with E-state index in [1.165, 1.54) is 78.3 Å². The van der Waals surface area contributed by atoms with E-state index in [4.69, 9.17) is 15.1 Å². The Balaban J connectivity index is 2.00. The Bertz CT molecular complexity index is 1350. The number of amidine groups is 1. The summed E-state index contributed by atoms with van der Waals surface area (Å²) in [6, 6.07) is 13.1. The van der Waals surface area contributed by atoms with Crippen LogP contribution in [0.4, 0.5) is 0 Å². The fourth-order valence-electron chi connectivity index (χ4n) is 5.89. The van der Waals surface area contributed by atoms with E-state index in [1.54, 1.807) is 0 Å². The SMILES string of the molecule is CCCCCCCCCc1ccc(C(=NC=N)N=C(Cc2ccc(C)cc2C)C2(C)CC=C(C)C=C2C)c(OCCC)c1. The summed E-state index contributed by atoms with van der Waals surface area (Å²) in [6.07, 6.45) is 18.4. The highest BCUT2D eigenvalue weighted by atomic mass is 16.5. The summed E-state index contributed by atoms with van der Waals surface area (Å²) in [5, 5.41) is 7.94. The van der Waals surface area contributed by atoms with Crippen LogP contribution in [0.1, 0.15) is 120 Å². The van der Waals surface area contributed by atoms with Crippen LogP contribution in [0.3, 0.4) is 0 Å². The summed E-state index contributed by atoms with van der Waals surface area (Å²) in [5.41, 5.74) is 9.35. The van der Waals surface area contributed by atoms with Crippen LogP contribution in [0.15, 0.2) is 69.7 Å². The van der Waals surface area contributed by atoms with Gasteiger partial charge in [-0.15, -0.1) is 0 Å². The summed E-state index contributed by atoms with van der Waals surface area (Å²) >= 11 is 0. The zero-order valence-corrected chi connectivity index (χ0v) is 28.0. The van der Waals surface area contributed by atoms with E-state index in [1.807, 2.05) is 0 Å². The van der Waals surface area contributed by atoms with E-state index < -0.39 is 0 Å². The molecule has 0 fully saturated rings. The molecule has 0 amide bonds. The second-order valence-corrected chi connectivity index (χ2v) is 12.6. The van der Waals surface area contributed by atoms with Gasteiger partial charge in [0.2, 0.25) is 0 Å². The van der Waals surface area contributed by atoms with Gasteiger partial charge >= 0.3 is 0 Å². The average molecular weight is 582 g/mol. The molecule has 0 aromatic heterocycles. The predicted octanol–water partition coefficient (Wildman–Crippen LogP) is 10.7. The average Bonchev–Trinajstić information content (AvgIpc) is 2.98. The Morgan fingerprint density at radius 2 is 1.67 bits per heavy atom. The maximum absolute atomic E-state index is 7.94. The number of benzene rings is 2. The van der Waals surface area contributed by atoms with Gasteiger partial charge in [-0.05, 0) is 82.2 Å². The largest absolute Gasteiger partial charge is 0.493 e. The highest BCUT2D eigenvalue weighted by molar-refractivity contribution is 6.12. The number of nitrogens with one attached hydrogen (secondary N) is 1. The molecular formula is C39H55N3O. The molecular weight excluding hydrogens is 526 g/mol. The molecule has 0 saturated carbocycles. The van der Waals surface area contributed by atoms with Gasteiger partial charge in [-0.25, -0.2) is 9.98 Å². The normalized spacial score (nSPS) is 17.5. The first-order valence-electron chi connectivity index (χ1n) is 16.5. The number of ether oxygens (including phenoxy) is 1. The fraction of sp³-hybridized carbons (Fsp3) is 0.513. The number of hydrogen-bond acceptors (Lipinski definition) is 2. The Kier molecular flexibility index (Phi) is 13.6. The van der Waals surface area contributed by atoms with Crippen molar-refractivity contribution in [2.24, 2.45) is 15.4 Å². The minimum atomic E-state index is -0.249. The van der Waals surface area contributed by atoms with Gasteiger partial charge in [-0.2, -0.15) is 0 Å². The lowest BCUT2D eigenvalue weighted by atomic mass is 9.70. The minimum Gasteiger partial charge on any atom is -0.493 e. The molecule has 2 aromatic rings. The van der Waals surface area contributed by atoms with Gasteiger partial charge in [-0.1, -0.05) is 112 Å². The quantitative estimate of drug-likeness (QED) is 0.120.